The molecule has 2 aromatic rings. The molecule has 24 heavy (non-hydrogen) atoms. The van der Waals surface area contributed by atoms with Crippen LogP contribution in [-0.4, -0.2) is 12.6 Å². The fraction of sp³-hybridized carbons (Fsp3) is 0.278. The van der Waals surface area contributed by atoms with E-state index in [2.05, 4.69) is 10.6 Å². The van der Waals surface area contributed by atoms with Crippen LogP contribution < -0.4 is 15.4 Å². The number of amides is 2. The summed E-state index contributed by atoms with van der Waals surface area (Å²) in [5.41, 5.74) is 3.08. The van der Waals surface area contributed by atoms with Crippen LogP contribution in [0.4, 0.5) is 4.79 Å². The molecule has 0 fully saturated rings. The molecule has 0 spiro atoms. The number of fused-ring (bicyclic) bond motifs is 2. The van der Waals surface area contributed by atoms with E-state index < -0.39 is 0 Å². The highest BCUT2D eigenvalue weighted by molar-refractivity contribution is 6.42. The molecule has 2 aliphatic rings. The highest BCUT2D eigenvalue weighted by Crippen LogP contribution is 2.39. The van der Waals surface area contributed by atoms with Gasteiger partial charge in [0.05, 0.1) is 22.1 Å². The van der Waals surface area contributed by atoms with Gasteiger partial charge in [-0.2, -0.15) is 0 Å². The van der Waals surface area contributed by atoms with E-state index in [4.69, 9.17) is 27.9 Å². The van der Waals surface area contributed by atoms with Crippen LogP contribution in [0.2, 0.25) is 10.0 Å². The average Bonchev–Trinajstić information content (AvgIpc) is 3.16. The minimum atomic E-state index is -0.204. The minimum absolute atomic E-state index is 0.0488. The van der Waals surface area contributed by atoms with Crippen molar-refractivity contribution in [3.05, 3.63) is 63.1 Å². The number of carbonyl (C=O) groups excluding carboxylic acids is 1. The predicted octanol–water partition coefficient (Wildman–Crippen LogP) is 4.41. The van der Waals surface area contributed by atoms with Crippen LogP contribution in [0.25, 0.3) is 0 Å². The lowest BCUT2D eigenvalue weighted by atomic mass is 10.1. The molecular formula is C18H16Cl2N2O2. The van der Waals surface area contributed by atoms with E-state index in [1.54, 1.807) is 6.07 Å². The fourth-order valence-corrected chi connectivity index (χ4v) is 3.87. The Hall–Kier alpha value is -1.91. The van der Waals surface area contributed by atoms with Crippen molar-refractivity contribution in [2.24, 2.45) is 0 Å². The lowest BCUT2D eigenvalue weighted by molar-refractivity contribution is 0.228. The molecule has 4 rings (SSSR count). The van der Waals surface area contributed by atoms with E-state index in [-0.39, 0.29) is 18.1 Å². The second-order valence-corrected chi connectivity index (χ2v) is 6.82. The summed E-state index contributed by atoms with van der Waals surface area (Å²) in [6.07, 6.45) is 1.63. The van der Waals surface area contributed by atoms with E-state index in [1.807, 2.05) is 30.3 Å². The maximum Gasteiger partial charge on any atom is 0.315 e. The molecule has 4 nitrogen and oxygen atoms in total. The van der Waals surface area contributed by atoms with Gasteiger partial charge in [-0.25, -0.2) is 4.79 Å². The molecule has 2 N–H and O–H groups in total. The Morgan fingerprint density at radius 2 is 1.83 bits per heavy atom. The van der Waals surface area contributed by atoms with Crippen LogP contribution in [0.3, 0.4) is 0 Å². The van der Waals surface area contributed by atoms with Gasteiger partial charge in [0.2, 0.25) is 0 Å². The zero-order chi connectivity index (χ0) is 16.7. The van der Waals surface area contributed by atoms with Gasteiger partial charge in [0, 0.05) is 5.56 Å². The number of halogens is 2. The van der Waals surface area contributed by atoms with Crippen LogP contribution >= 0.6 is 23.2 Å². The highest BCUT2D eigenvalue weighted by atomic mass is 35.5. The number of benzene rings is 2. The van der Waals surface area contributed by atoms with Gasteiger partial charge in [0.25, 0.3) is 0 Å². The predicted molar refractivity (Wildman–Crippen MR) is 93.9 cm³/mol. The number of rotatable bonds is 2. The first-order valence-electron chi connectivity index (χ1n) is 7.89. The van der Waals surface area contributed by atoms with Crippen LogP contribution in [0, 0.1) is 0 Å². The summed E-state index contributed by atoms with van der Waals surface area (Å²) >= 11 is 12.3. The molecule has 6 heteroatoms. The topological polar surface area (TPSA) is 50.4 Å². The zero-order valence-corrected chi connectivity index (χ0v) is 14.3. The number of nitrogens with one attached hydrogen (secondary N) is 2. The van der Waals surface area contributed by atoms with Gasteiger partial charge in [-0.3, -0.25) is 0 Å². The number of hydrogen-bond acceptors (Lipinski definition) is 2. The Kier molecular flexibility index (Phi) is 4.02. The lowest BCUT2D eigenvalue weighted by Crippen LogP contribution is -2.39. The monoisotopic (exact) mass is 362 g/mol. The van der Waals surface area contributed by atoms with E-state index in [0.717, 1.165) is 35.3 Å². The molecule has 1 aliphatic heterocycles. The summed E-state index contributed by atoms with van der Waals surface area (Å²) < 4.78 is 5.59. The van der Waals surface area contributed by atoms with Gasteiger partial charge in [-0.05, 0) is 36.1 Å². The number of ether oxygens (including phenoxy) is 1. The van der Waals surface area contributed by atoms with E-state index >= 15 is 0 Å². The third-order valence-corrected chi connectivity index (χ3v) is 5.44. The van der Waals surface area contributed by atoms with Gasteiger partial charge >= 0.3 is 6.03 Å². The van der Waals surface area contributed by atoms with Crippen molar-refractivity contribution in [3.8, 4) is 5.75 Å². The molecule has 2 atom stereocenters. The summed E-state index contributed by atoms with van der Waals surface area (Å²) in [5.74, 6) is 0.829. The first kappa shape index (κ1) is 15.6. The standard InChI is InChI=1S/C18H16Cl2N2O2/c19-13-7-5-10-11(17(13)20)6-8-14(10)21-18(23)22-15-9-24-16-4-2-1-3-12(15)16/h1-5,7,14-15H,6,8-9H2,(H2,21,22,23). The lowest BCUT2D eigenvalue weighted by Gasteiger charge is -2.18. The van der Waals surface area contributed by atoms with Crippen molar-refractivity contribution in [1.29, 1.82) is 0 Å². The smallest absolute Gasteiger partial charge is 0.315 e. The fourth-order valence-electron chi connectivity index (χ4n) is 3.42. The molecule has 2 amide bonds. The van der Waals surface area contributed by atoms with Gasteiger partial charge < -0.3 is 15.4 Å². The van der Waals surface area contributed by atoms with Crippen molar-refractivity contribution in [3.63, 3.8) is 0 Å². The molecule has 2 aromatic carbocycles. The van der Waals surface area contributed by atoms with Crippen molar-refractivity contribution in [2.75, 3.05) is 6.61 Å². The van der Waals surface area contributed by atoms with Crippen LogP contribution in [0.5, 0.6) is 5.75 Å². The maximum absolute atomic E-state index is 12.4. The molecule has 0 aromatic heterocycles. The number of carbonyl (C=O) groups is 1. The second-order valence-electron chi connectivity index (χ2n) is 6.04. The molecule has 1 heterocycles. The Bertz CT molecular complexity index is 810. The third kappa shape index (κ3) is 2.70. The largest absolute Gasteiger partial charge is 0.491 e. The minimum Gasteiger partial charge on any atom is -0.491 e. The molecular weight excluding hydrogens is 347 g/mol. The molecule has 1 aliphatic carbocycles. The first-order chi connectivity index (χ1) is 11.6. The summed E-state index contributed by atoms with van der Waals surface area (Å²) in [4.78, 5) is 12.4. The molecule has 0 saturated carbocycles. The Morgan fingerprint density at radius 1 is 1.04 bits per heavy atom. The number of hydrogen-bond donors (Lipinski definition) is 2. The normalized spacial score (nSPS) is 20.9. The third-order valence-electron chi connectivity index (χ3n) is 4.60. The Morgan fingerprint density at radius 3 is 2.71 bits per heavy atom. The first-order valence-corrected chi connectivity index (χ1v) is 8.64. The number of urea groups is 1. The van der Waals surface area contributed by atoms with Crippen molar-refractivity contribution in [2.45, 2.75) is 24.9 Å². The Labute approximate surface area is 150 Å². The van der Waals surface area contributed by atoms with Crippen molar-refractivity contribution < 1.29 is 9.53 Å². The van der Waals surface area contributed by atoms with E-state index in [1.165, 1.54) is 0 Å². The van der Waals surface area contributed by atoms with Crippen LogP contribution in [-0.2, 0) is 6.42 Å². The summed E-state index contributed by atoms with van der Waals surface area (Å²) in [7, 11) is 0. The summed E-state index contributed by atoms with van der Waals surface area (Å²) in [6, 6.07) is 11.1. The maximum atomic E-state index is 12.4. The second kappa shape index (κ2) is 6.19. The van der Waals surface area contributed by atoms with E-state index in [9.17, 15) is 4.79 Å². The SMILES string of the molecule is O=C(NC1COc2ccccc21)NC1CCc2c1ccc(Cl)c2Cl. The van der Waals surface area contributed by atoms with Crippen molar-refractivity contribution in [1.82, 2.24) is 10.6 Å². The van der Waals surface area contributed by atoms with Gasteiger partial charge in [0.15, 0.2) is 0 Å². The summed E-state index contributed by atoms with van der Waals surface area (Å²) in [6.45, 7) is 0.454. The molecule has 2 unspecified atom stereocenters. The van der Waals surface area contributed by atoms with Gasteiger partial charge in [0.1, 0.15) is 12.4 Å². The summed E-state index contributed by atoms with van der Waals surface area (Å²) in [5, 5.41) is 7.17. The van der Waals surface area contributed by atoms with Gasteiger partial charge in [-0.15, -0.1) is 0 Å². The highest BCUT2D eigenvalue weighted by Gasteiger charge is 2.29. The van der Waals surface area contributed by atoms with Gasteiger partial charge in [-0.1, -0.05) is 47.5 Å². The van der Waals surface area contributed by atoms with Crippen LogP contribution in [0.1, 0.15) is 35.2 Å². The molecule has 0 saturated heterocycles. The Balaban J connectivity index is 1.45. The van der Waals surface area contributed by atoms with Crippen molar-refractivity contribution >= 4 is 29.2 Å². The number of para-hydroxylation sites is 1. The van der Waals surface area contributed by atoms with Crippen LogP contribution in [0.15, 0.2) is 36.4 Å². The average molecular weight is 363 g/mol. The molecule has 124 valence electrons. The quantitative estimate of drug-likeness (QED) is 0.830. The van der Waals surface area contributed by atoms with E-state index in [0.29, 0.717) is 16.7 Å². The molecule has 0 bridgehead atoms. The zero-order valence-electron chi connectivity index (χ0n) is 12.8. The molecule has 0 radical (unpaired) electrons.